The molecule has 1 aromatic heterocycles. The van der Waals surface area contributed by atoms with Gasteiger partial charge in [0.15, 0.2) is 5.82 Å². The molecule has 0 aliphatic rings. The predicted octanol–water partition coefficient (Wildman–Crippen LogP) is 2.14. The maximum atomic E-state index is 13.5. The molecule has 1 aromatic carbocycles. The van der Waals surface area contributed by atoms with Crippen molar-refractivity contribution in [3.63, 3.8) is 0 Å². The zero-order chi connectivity index (χ0) is 15.4. The molecule has 21 heavy (non-hydrogen) atoms. The molecular formula is C15H14FN3O2. The SMILES string of the molecule is CNC(=O)c1ccc(NC(=O)c2ccncc2F)c(C)c1. The molecule has 0 saturated heterocycles. The Morgan fingerprint density at radius 2 is 1.95 bits per heavy atom. The first-order chi connectivity index (χ1) is 10.0. The fourth-order valence-corrected chi connectivity index (χ4v) is 1.84. The van der Waals surface area contributed by atoms with Crippen molar-refractivity contribution in [3.8, 4) is 0 Å². The third-order valence-electron chi connectivity index (χ3n) is 2.98. The number of amides is 2. The van der Waals surface area contributed by atoms with Crippen molar-refractivity contribution in [2.45, 2.75) is 6.92 Å². The molecule has 0 spiro atoms. The number of rotatable bonds is 3. The molecule has 0 aliphatic heterocycles. The summed E-state index contributed by atoms with van der Waals surface area (Å²) < 4.78 is 13.5. The molecule has 0 radical (unpaired) electrons. The van der Waals surface area contributed by atoms with Gasteiger partial charge in [0.05, 0.1) is 11.8 Å². The Labute approximate surface area is 121 Å². The van der Waals surface area contributed by atoms with Gasteiger partial charge in [-0.25, -0.2) is 4.39 Å². The Hall–Kier alpha value is -2.76. The molecule has 5 nitrogen and oxygen atoms in total. The zero-order valence-electron chi connectivity index (χ0n) is 11.6. The van der Waals surface area contributed by atoms with E-state index < -0.39 is 11.7 Å². The molecule has 2 aromatic rings. The lowest BCUT2D eigenvalue weighted by molar-refractivity contribution is 0.0962. The van der Waals surface area contributed by atoms with Crippen molar-refractivity contribution in [3.05, 3.63) is 59.2 Å². The molecule has 6 heteroatoms. The summed E-state index contributed by atoms with van der Waals surface area (Å²) in [7, 11) is 1.54. The fraction of sp³-hybridized carbons (Fsp3) is 0.133. The smallest absolute Gasteiger partial charge is 0.258 e. The number of benzene rings is 1. The third-order valence-corrected chi connectivity index (χ3v) is 2.98. The van der Waals surface area contributed by atoms with Crippen molar-refractivity contribution in [2.75, 3.05) is 12.4 Å². The first-order valence-corrected chi connectivity index (χ1v) is 6.26. The van der Waals surface area contributed by atoms with Crippen molar-refractivity contribution >= 4 is 17.5 Å². The normalized spacial score (nSPS) is 10.0. The summed E-state index contributed by atoms with van der Waals surface area (Å²) in [4.78, 5) is 27.1. The largest absolute Gasteiger partial charge is 0.355 e. The van der Waals surface area contributed by atoms with Crippen LogP contribution in [-0.4, -0.2) is 23.8 Å². The quantitative estimate of drug-likeness (QED) is 0.908. The highest BCUT2D eigenvalue weighted by Crippen LogP contribution is 2.18. The van der Waals surface area contributed by atoms with Gasteiger partial charge < -0.3 is 10.6 Å². The van der Waals surface area contributed by atoms with Crippen molar-refractivity contribution in [1.82, 2.24) is 10.3 Å². The molecule has 1 heterocycles. The highest BCUT2D eigenvalue weighted by atomic mass is 19.1. The minimum absolute atomic E-state index is 0.0835. The highest BCUT2D eigenvalue weighted by Gasteiger charge is 2.13. The maximum absolute atomic E-state index is 13.5. The van der Waals surface area contributed by atoms with Gasteiger partial charge in [0.25, 0.3) is 11.8 Å². The fourth-order valence-electron chi connectivity index (χ4n) is 1.84. The Bertz CT molecular complexity index is 701. The summed E-state index contributed by atoms with van der Waals surface area (Å²) in [6.07, 6.45) is 2.33. The summed E-state index contributed by atoms with van der Waals surface area (Å²) >= 11 is 0. The number of nitrogens with one attached hydrogen (secondary N) is 2. The van der Waals surface area contributed by atoms with Crippen molar-refractivity contribution < 1.29 is 14.0 Å². The van der Waals surface area contributed by atoms with Gasteiger partial charge in [0.1, 0.15) is 0 Å². The molecule has 2 N–H and O–H groups in total. The number of anilines is 1. The first kappa shape index (κ1) is 14.6. The number of aromatic nitrogens is 1. The standard InChI is InChI=1S/C15H14FN3O2/c1-9-7-10(14(20)17-2)3-4-13(9)19-15(21)11-5-6-18-8-12(11)16/h3-8H,1-2H3,(H,17,20)(H,19,21). The van der Waals surface area contributed by atoms with Gasteiger partial charge in [-0.05, 0) is 36.8 Å². The number of carbonyl (C=O) groups excluding carboxylic acids is 2. The van der Waals surface area contributed by atoms with E-state index in [1.807, 2.05) is 0 Å². The predicted molar refractivity (Wildman–Crippen MR) is 76.7 cm³/mol. The number of halogens is 1. The van der Waals surface area contributed by atoms with Crippen LogP contribution in [0.15, 0.2) is 36.7 Å². The van der Waals surface area contributed by atoms with Gasteiger partial charge in [-0.3, -0.25) is 14.6 Å². The Morgan fingerprint density at radius 3 is 2.57 bits per heavy atom. The monoisotopic (exact) mass is 287 g/mol. The van der Waals surface area contributed by atoms with Crippen molar-refractivity contribution in [2.24, 2.45) is 0 Å². The number of aryl methyl sites for hydroxylation is 1. The average Bonchev–Trinajstić information content (AvgIpc) is 2.48. The van der Waals surface area contributed by atoms with E-state index in [9.17, 15) is 14.0 Å². The van der Waals surface area contributed by atoms with Crippen LogP contribution in [0.25, 0.3) is 0 Å². The van der Waals surface area contributed by atoms with Gasteiger partial charge in [-0.15, -0.1) is 0 Å². The van der Waals surface area contributed by atoms with Crippen LogP contribution in [0.5, 0.6) is 0 Å². The van der Waals surface area contributed by atoms with E-state index in [4.69, 9.17) is 0 Å². The average molecular weight is 287 g/mol. The van der Waals surface area contributed by atoms with E-state index in [0.29, 0.717) is 16.8 Å². The molecule has 2 rings (SSSR count). The molecule has 0 unspecified atom stereocenters. The van der Waals surface area contributed by atoms with Gasteiger partial charge >= 0.3 is 0 Å². The number of hydrogen-bond donors (Lipinski definition) is 2. The van der Waals surface area contributed by atoms with E-state index in [2.05, 4.69) is 15.6 Å². The van der Waals surface area contributed by atoms with Gasteiger partial charge in [0, 0.05) is 24.5 Å². The number of nitrogens with zero attached hydrogens (tertiary/aromatic N) is 1. The molecule has 0 bridgehead atoms. The van der Waals surface area contributed by atoms with Gasteiger partial charge in [-0.2, -0.15) is 0 Å². The second-order valence-corrected chi connectivity index (χ2v) is 4.42. The van der Waals surface area contributed by atoms with Crippen LogP contribution < -0.4 is 10.6 Å². The number of pyridine rings is 1. The van der Waals surface area contributed by atoms with Crippen LogP contribution in [0, 0.1) is 12.7 Å². The molecule has 108 valence electrons. The molecule has 0 fully saturated rings. The second-order valence-electron chi connectivity index (χ2n) is 4.42. The molecule has 0 aliphatic carbocycles. The topological polar surface area (TPSA) is 71.1 Å². The van der Waals surface area contributed by atoms with E-state index in [-0.39, 0.29) is 11.5 Å². The highest BCUT2D eigenvalue weighted by molar-refractivity contribution is 6.05. The van der Waals surface area contributed by atoms with Crippen LogP contribution in [0.1, 0.15) is 26.3 Å². The molecule has 0 saturated carbocycles. The maximum Gasteiger partial charge on any atom is 0.258 e. The summed E-state index contributed by atoms with van der Waals surface area (Å²) in [6, 6.07) is 6.15. The lowest BCUT2D eigenvalue weighted by atomic mass is 10.1. The van der Waals surface area contributed by atoms with Crippen LogP contribution in [-0.2, 0) is 0 Å². The van der Waals surface area contributed by atoms with Gasteiger partial charge in [0.2, 0.25) is 0 Å². The van der Waals surface area contributed by atoms with E-state index in [1.165, 1.54) is 12.3 Å². The first-order valence-electron chi connectivity index (χ1n) is 6.26. The van der Waals surface area contributed by atoms with E-state index >= 15 is 0 Å². The van der Waals surface area contributed by atoms with E-state index in [0.717, 1.165) is 6.20 Å². The van der Waals surface area contributed by atoms with Crippen molar-refractivity contribution in [1.29, 1.82) is 0 Å². The van der Waals surface area contributed by atoms with Crippen LogP contribution in [0.4, 0.5) is 10.1 Å². The molecule has 0 atom stereocenters. The summed E-state index contributed by atoms with van der Waals surface area (Å²) in [5, 5.41) is 5.13. The number of carbonyl (C=O) groups is 2. The van der Waals surface area contributed by atoms with Crippen LogP contribution in [0.2, 0.25) is 0 Å². The lowest BCUT2D eigenvalue weighted by Gasteiger charge is -2.10. The third kappa shape index (κ3) is 3.22. The summed E-state index contributed by atoms with van der Waals surface area (Å²) in [6.45, 7) is 1.75. The lowest BCUT2D eigenvalue weighted by Crippen LogP contribution is -2.18. The minimum atomic E-state index is -0.686. The van der Waals surface area contributed by atoms with Crippen LogP contribution >= 0.6 is 0 Å². The molecular weight excluding hydrogens is 273 g/mol. The summed E-state index contributed by atoms with van der Waals surface area (Å²) in [5.74, 6) is -1.46. The Balaban J connectivity index is 2.22. The zero-order valence-corrected chi connectivity index (χ0v) is 11.6. The number of hydrogen-bond acceptors (Lipinski definition) is 3. The summed E-state index contributed by atoms with van der Waals surface area (Å²) in [5.41, 5.74) is 1.63. The Morgan fingerprint density at radius 1 is 1.19 bits per heavy atom. The minimum Gasteiger partial charge on any atom is -0.355 e. The Kier molecular flexibility index (Phi) is 4.27. The van der Waals surface area contributed by atoms with E-state index in [1.54, 1.807) is 32.2 Å². The second kappa shape index (κ2) is 6.13. The van der Waals surface area contributed by atoms with Crippen LogP contribution in [0.3, 0.4) is 0 Å². The molecule has 2 amide bonds. The van der Waals surface area contributed by atoms with Gasteiger partial charge in [-0.1, -0.05) is 0 Å².